The van der Waals surface area contributed by atoms with Crippen LogP contribution in [0, 0.1) is 6.92 Å². The van der Waals surface area contributed by atoms with Crippen molar-refractivity contribution in [3.05, 3.63) is 24.5 Å². The van der Waals surface area contributed by atoms with Crippen molar-refractivity contribution in [1.82, 2.24) is 20.2 Å². The highest BCUT2D eigenvalue weighted by Crippen LogP contribution is 2.12. The molecule has 60 valence electrons. The van der Waals surface area contributed by atoms with Crippen LogP contribution in [0.5, 0.6) is 0 Å². The normalized spacial score (nSPS) is 10.1. The lowest BCUT2D eigenvalue weighted by atomic mass is 10.4. The number of rotatable bonds is 1. The molecule has 0 atom stereocenters. The van der Waals surface area contributed by atoms with Gasteiger partial charge in [-0.05, 0) is 6.07 Å². The molecule has 0 bridgehead atoms. The second kappa shape index (κ2) is 2.69. The molecule has 0 aliphatic carbocycles. The summed E-state index contributed by atoms with van der Waals surface area (Å²) in [5.41, 5.74) is 0.644. The van der Waals surface area contributed by atoms with Gasteiger partial charge < -0.3 is 4.42 Å². The molecule has 0 amide bonds. The van der Waals surface area contributed by atoms with Crippen molar-refractivity contribution in [3.63, 3.8) is 0 Å². The van der Waals surface area contributed by atoms with E-state index in [0.717, 1.165) is 0 Å². The Hall–Kier alpha value is -1.78. The van der Waals surface area contributed by atoms with E-state index in [9.17, 15) is 0 Å². The minimum absolute atomic E-state index is 0.426. The fourth-order valence-electron chi connectivity index (χ4n) is 0.817. The Morgan fingerprint density at radius 3 is 2.83 bits per heavy atom. The van der Waals surface area contributed by atoms with Crippen LogP contribution >= 0.6 is 0 Å². The monoisotopic (exact) mass is 162 g/mol. The van der Waals surface area contributed by atoms with E-state index < -0.39 is 0 Å². The standard InChI is InChI=1S/C7H6N4O/c1-5-10-11-7(12-5)6-2-3-8-4-9-6/h2-4H,1H3. The summed E-state index contributed by atoms with van der Waals surface area (Å²) in [6, 6.07) is 1.72. The maximum atomic E-state index is 5.16. The number of aromatic nitrogens is 4. The first-order valence-corrected chi connectivity index (χ1v) is 3.43. The van der Waals surface area contributed by atoms with Gasteiger partial charge in [-0.3, -0.25) is 0 Å². The molecule has 5 nitrogen and oxygen atoms in total. The van der Waals surface area contributed by atoms with Crippen LogP contribution < -0.4 is 0 Å². The zero-order valence-corrected chi connectivity index (χ0v) is 6.43. The van der Waals surface area contributed by atoms with Gasteiger partial charge in [0, 0.05) is 13.1 Å². The second-order valence-electron chi connectivity index (χ2n) is 2.22. The zero-order valence-electron chi connectivity index (χ0n) is 6.43. The van der Waals surface area contributed by atoms with Gasteiger partial charge in [0.2, 0.25) is 5.89 Å². The van der Waals surface area contributed by atoms with E-state index in [1.54, 1.807) is 19.2 Å². The summed E-state index contributed by atoms with van der Waals surface area (Å²) in [6.45, 7) is 1.73. The molecule has 0 N–H and O–H groups in total. The molecule has 0 aliphatic rings. The van der Waals surface area contributed by atoms with Crippen LogP contribution in [-0.4, -0.2) is 20.2 Å². The lowest BCUT2D eigenvalue weighted by Gasteiger charge is -1.88. The molecule has 2 aromatic heterocycles. The molecule has 0 spiro atoms. The molecule has 12 heavy (non-hydrogen) atoms. The highest BCUT2D eigenvalue weighted by molar-refractivity contribution is 5.43. The van der Waals surface area contributed by atoms with Crippen LogP contribution in [0.2, 0.25) is 0 Å². The van der Waals surface area contributed by atoms with Gasteiger partial charge >= 0.3 is 0 Å². The predicted molar refractivity (Wildman–Crippen MR) is 40.1 cm³/mol. The molecule has 5 heteroatoms. The van der Waals surface area contributed by atoms with Crippen LogP contribution in [0.15, 0.2) is 23.0 Å². The van der Waals surface area contributed by atoms with Crippen LogP contribution in [0.1, 0.15) is 5.89 Å². The van der Waals surface area contributed by atoms with Gasteiger partial charge in [-0.1, -0.05) is 0 Å². The van der Waals surface area contributed by atoms with E-state index in [2.05, 4.69) is 20.2 Å². The fourth-order valence-corrected chi connectivity index (χ4v) is 0.817. The summed E-state index contributed by atoms with van der Waals surface area (Å²) >= 11 is 0. The van der Waals surface area contributed by atoms with Gasteiger partial charge in [0.25, 0.3) is 5.89 Å². The summed E-state index contributed by atoms with van der Waals surface area (Å²) in [6.07, 6.45) is 3.07. The zero-order chi connectivity index (χ0) is 8.39. The SMILES string of the molecule is Cc1nnc(-c2ccncn2)o1. The smallest absolute Gasteiger partial charge is 0.266 e. The number of nitrogens with zero attached hydrogens (tertiary/aromatic N) is 4. The summed E-state index contributed by atoms with van der Waals surface area (Å²) < 4.78 is 5.16. The summed E-state index contributed by atoms with van der Waals surface area (Å²) in [4.78, 5) is 7.73. The molecule has 2 rings (SSSR count). The van der Waals surface area contributed by atoms with Crippen LogP contribution in [0.25, 0.3) is 11.6 Å². The van der Waals surface area contributed by atoms with Gasteiger partial charge in [-0.15, -0.1) is 10.2 Å². The second-order valence-corrected chi connectivity index (χ2v) is 2.22. The average molecular weight is 162 g/mol. The van der Waals surface area contributed by atoms with Crippen molar-refractivity contribution < 1.29 is 4.42 Å². The maximum Gasteiger partial charge on any atom is 0.266 e. The number of hydrogen-bond acceptors (Lipinski definition) is 5. The lowest BCUT2D eigenvalue weighted by Crippen LogP contribution is -1.83. The van der Waals surface area contributed by atoms with E-state index in [4.69, 9.17) is 4.42 Å². The third-order valence-electron chi connectivity index (χ3n) is 1.33. The van der Waals surface area contributed by atoms with Crippen molar-refractivity contribution in [2.45, 2.75) is 6.92 Å². The van der Waals surface area contributed by atoms with E-state index in [-0.39, 0.29) is 0 Å². The van der Waals surface area contributed by atoms with Crippen molar-refractivity contribution in [3.8, 4) is 11.6 Å². The van der Waals surface area contributed by atoms with Gasteiger partial charge in [-0.25, -0.2) is 9.97 Å². The largest absolute Gasteiger partial charge is 0.420 e. The predicted octanol–water partition coefficient (Wildman–Crippen LogP) is 0.835. The van der Waals surface area contributed by atoms with Gasteiger partial charge in [-0.2, -0.15) is 0 Å². The molecule has 0 aromatic carbocycles. The molecule has 0 aliphatic heterocycles. The van der Waals surface area contributed by atoms with E-state index in [0.29, 0.717) is 17.5 Å². The Morgan fingerprint density at radius 2 is 2.25 bits per heavy atom. The third-order valence-corrected chi connectivity index (χ3v) is 1.33. The number of hydrogen-bond donors (Lipinski definition) is 0. The fraction of sp³-hybridized carbons (Fsp3) is 0.143. The van der Waals surface area contributed by atoms with Crippen molar-refractivity contribution in [1.29, 1.82) is 0 Å². The summed E-state index contributed by atoms with van der Waals surface area (Å²) in [5.74, 6) is 0.957. The van der Waals surface area contributed by atoms with Crippen LogP contribution in [-0.2, 0) is 0 Å². The van der Waals surface area contributed by atoms with Crippen molar-refractivity contribution in [2.24, 2.45) is 0 Å². The molecule has 0 saturated heterocycles. The van der Waals surface area contributed by atoms with Crippen LogP contribution in [0.4, 0.5) is 0 Å². The molecule has 2 heterocycles. The molecule has 0 fully saturated rings. The Labute approximate surface area is 68.5 Å². The first-order valence-electron chi connectivity index (χ1n) is 3.43. The Balaban J connectivity index is 2.45. The van der Waals surface area contributed by atoms with E-state index >= 15 is 0 Å². The minimum Gasteiger partial charge on any atom is -0.420 e. The Kier molecular flexibility index (Phi) is 1.55. The highest BCUT2D eigenvalue weighted by atomic mass is 16.4. The minimum atomic E-state index is 0.426. The van der Waals surface area contributed by atoms with Crippen molar-refractivity contribution in [2.75, 3.05) is 0 Å². The van der Waals surface area contributed by atoms with E-state index in [1.807, 2.05) is 0 Å². The number of aryl methyl sites for hydroxylation is 1. The van der Waals surface area contributed by atoms with Gasteiger partial charge in [0.1, 0.15) is 12.0 Å². The first-order chi connectivity index (χ1) is 5.86. The average Bonchev–Trinajstić information content (AvgIpc) is 2.54. The lowest BCUT2D eigenvalue weighted by molar-refractivity contribution is 0.531. The van der Waals surface area contributed by atoms with Gasteiger partial charge in [0.15, 0.2) is 0 Å². The summed E-state index contributed by atoms with van der Waals surface area (Å²) in [7, 11) is 0. The van der Waals surface area contributed by atoms with E-state index in [1.165, 1.54) is 6.33 Å². The first kappa shape index (κ1) is 6.90. The Morgan fingerprint density at radius 1 is 1.33 bits per heavy atom. The molecule has 0 saturated carbocycles. The highest BCUT2D eigenvalue weighted by Gasteiger charge is 2.05. The molecular weight excluding hydrogens is 156 g/mol. The quantitative estimate of drug-likeness (QED) is 0.621. The van der Waals surface area contributed by atoms with Gasteiger partial charge in [0.05, 0.1) is 0 Å². The van der Waals surface area contributed by atoms with Crippen molar-refractivity contribution >= 4 is 0 Å². The topological polar surface area (TPSA) is 64.7 Å². The maximum absolute atomic E-state index is 5.16. The molecular formula is C7H6N4O. The molecule has 2 aromatic rings. The third kappa shape index (κ3) is 1.16. The molecule has 0 unspecified atom stereocenters. The van der Waals surface area contributed by atoms with Crippen LogP contribution in [0.3, 0.4) is 0 Å². The molecule has 0 radical (unpaired) electrons. The summed E-state index contributed by atoms with van der Waals surface area (Å²) in [5, 5.41) is 7.50. The Bertz CT molecular complexity index is 370.